The first kappa shape index (κ1) is 13.9. The molecule has 0 radical (unpaired) electrons. The number of halogens is 1. The molecule has 0 unspecified atom stereocenters. The number of alkyl halides is 1. The van der Waals surface area contributed by atoms with Crippen LogP contribution in [0.1, 0.15) is 33.1 Å². The number of carbonyl (C=O) groups excluding carboxylic acids is 1. The van der Waals surface area contributed by atoms with Crippen molar-refractivity contribution in [2.75, 3.05) is 18.5 Å². The Bertz CT molecular complexity index is 151. The zero-order valence-corrected chi connectivity index (χ0v) is 10.6. The Labute approximate surface area is 94.7 Å². The fourth-order valence-electron chi connectivity index (χ4n) is 0.917. The Morgan fingerprint density at radius 2 is 2.07 bits per heavy atom. The van der Waals surface area contributed by atoms with E-state index in [1.54, 1.807) is 0 Å². The molecule has 14 heavy (non-hydrogen) atoms. The van der Waals surface area contributed by atoms with Crippen LogP contribution in [0.5, 0.6) is 0 Å². The third-order valence-electron chi connectivity index (χ3n) is 1.68. The van der Waals surface area contributed by atoms with Crippen molar-refractivity contribution in [3.63, 3.8) is 0 Å². The molecule has 0 atom stereocenters. The maximum Gasteiger partial charge on any atom is 0.246 e. The van der Waals surface area contributed by atoms with Crippen LogP contribution in [0.3, 0.4) is 0 Å². The average Bonchev–Trinajstić information content (AvgIpc) is 2.14. The molecule has 0 saturated carbocycles. The summed E-state index contributed by atoms with van der Waals surface area (Å²) in [6.07, 6.45) is 3.47. The molecule has 1 amide bonds. The van der Waals surface area contributed by atoms with Gasteiger partial charge in [0.1, 0.15) is 6.61 Å². The monoisotopic (exact) mass is 265 g/mol. The van der Waals surface area contributed by atoms with Gasteiger partial charge in [-0.2, -0.15) is 0 Å². The van der Waals surface area contributed by atoms with Gasteiger partial charge < -0.3 is 10.1 Å². The van der Waals surface area contributed by atoms with E-state index in [9.17, 15) is 4.79 Å². The number of carbonyl (C=O) groups is 1. The molecule has 0 aliphatic heterocycles. The normalized spacial score (nSPS) is 10.6. The molecule has 0 fully saturated rings. The Morgan fingerprint density at radius 1 is 1.36 bits per heavy atom. The summed E-state index contributed by atoms with van der Waals surface area (Å²) in [4.78, 5) is 11.1. The first-order valence-corrected chi connectivity index (χ1v) is 6.23. The Morgan fingerprint density at radius 3 is 2.64 bits per heavy atom. The lowest BCUT2D eigenvalue weighted by Gasteiger charge is -2.07. The quantitative estimate of drug-likeness (QED) is 0.539. The predicted octanol–water partition coefficient (Wildman–Crippen LogP) is 2.09. The summed E-state index contributed by atoms with van der Waals surface area (Å²) in [7, 11) is 0. The van der Waals surface area contributed by atoms with Crippen LogP contribution in [0, 0.1) is 0 Å². The SMILES string of the molecule is CC(C)OCC(=O)NCCCCCBr. The van der Waals surface area contributed by atoms with Crippen molar-refractivity contribution in [2.45, 2.75) is 39.2 Å². The zero-order valence-electron chi connectivity index (χ0n) is 9.01. The predicted molar refractivity (Wildman–Crippen MR) is 61.7 cm³/mol. The van der Waals surface area contributed by atoms with Crippen LogP contribution < -0.4 is 5.32 Å². The standard InChI is InChI=1S/C10H20BrNO2/c1-9(2)14-8-10(13)12-7-5-3-4-6-11/h9H,3-8H2,1-2H3,(H,12,13). The van der Waals surface area contributed by atoms with Crippen molar-refractivity contribution >= 4 is 21.8 Å². The fourth-order valence-corrected chi connectivity index (χ4v) is 1.31. The van der Waals surface area contributed by atoms with E-state index in [0.29, 0.717) is 0 Å². The van der Waals surface area contributed by atoms with Gasteiger partial charge in [0, 0.05) is 11.9 Å². The molecule has 0 aromatic carbocycles. The van der Waals surface area contributed by atoms with Crippen molar-refractivity contribution in [2.24, 2.45) is 0 Å². The van der Waals surface area contributed by atoms with Crippen molar-refractivity contribution < 1.29 is 9.53 Å². The van der Waals surface area contributed by atoms with Gasteiger partial charge in [0.15, 0.2) is 0 Å². The summed E-state index contributed by atoms with van der Waals surface area (Å²) in [5.41, 5.74) is 0. The summed E-state index contributed by atoms with van der Waals surface area (Å²) in [6.45, 7) is 4.77. The lowest BCUT2D eigenvalue weighted by molar-refractivity contribution is -0.127. The molecule has 0 aromatic heterocycles. The largest absolute Gasteiger partial charge is 0.369 e. The van der Waals surface area contributed by atoms with Gasteiger partial charge in [-0.25, -0.2) is 0 Å². The molecule has 0 aromatic rings. The number of amides is 1. The third-order valence-corrected chi connectivity index (χ3v) is 2.24. The fraction of sp³-hybridized carbons (Fsp3) is 0.900. The molecule has 1 N–H and O–H groups in total. The van der Waals surface area contributed by atoms with Crippen LogP contribution in [0.25, 0.3) is 0 Å². The first-order valence-electron chi connectivity index (χ1n) is 5.11. The van der Waals surface area contributed by atoms with Gasteiger partial charge in [-0.3, -0.25) is 4.79 Å². The molecule has 84 valence electrons. The van der Waals surface area contributed by atoms with E-state index in [-0.39, 0.29) is 18.6 Å². The molecule has 0 heterocycles. The van der Waals surface area contributed by atoms with Crippen LogP contribution in [-0.2, 0) is 9.53 Å². The third kappa shape index (κ3) is 9.99. The van der Waals surface area contributed by atoms with E-state index in [1.807, 2.05) is 13.8 Å². The van der Waals surface area contributed by atoms with Crippen LogP contribution >= 0.6 is 15.9 Å². The molecule has 0 bridgehead atoms. The van der Waals surface area contributed by atoms with Gasteiger partial charge in [-0.1, -0.05) is 22.4 Å². The molecule has 0 aliphatic carbocycles. The van der Waals surface area contributed by atoms with Crippen molar-refractivity contribution in [1.82, 2.24) is 5.32 Å². The summed E-state index contributed by atoms with van der Waals surface area (Å²) in [5, 5.41) is 3.86. The number of rotatable bonds is 8. The highest BCUT2D eigenvalue weighted by molar-refractivity contribution is 9.09. The van der Waals surface area contributed by atoms with E-state index in [1.165, 1.54) is 6.42 Å². The van der Waals surface area contributed by atoms with Gasteiger partial charge >= 0.3 is 0 Å². The number of unbranched alkanes of at least 4 members (excludes halogenated alkanes) is 2. The van der Waals surface area contributed by atoms with Crippen molar-refractivity contribution in [3.8, 4) is 0 Å². The molecule has 0 rings (SSSR count). The molecular formula is C10H20BrNO2. The van der Waals surface area contributed by atoms with Crippen LogP contribution in [0.15, 0.2) is 0 Å². The van der Waals surface area contributed by atoms with Gasteiger partial charge in [0.25, 0.3) is 0 Å². The van der Waals surface area contributed by atoms with Gasteiger partial charge in [0.2, 0.25) is 5.91 Å². The second-order valence-electron chi connectivity index (χ2n) is 3.46. The molecule has 0 aliphatic rings. The lowest BCUT2D eigenvalue weighted by atomic mass is 10.2. The molecule has 4 heteroatoms. The highest BCUT2D eigenvalue weighted by atomic mass is 79.9. The summed E-state index contributed by atoms with van der Waals surface area (Å²) >= 11 is 3.36. The smallest absolute Gasteiger partial charge is 0.246 e. The number of nitrogens with one attached hydrogen (secondary N) is 1. The molecule has 0 spiro atoms. The minimum absolute atomic E-state index is 0.0162. The Balaban J connectivity index is 3.18. The molecular weight excluding hydrogens is 246 g/mol. The number of ether oxygens (including phenoxy) is 1. The minimum atomic E-state index is -0.0162. The lowest BCUT2D eigenvalue weighted by Crippen LogP contribution is -2.29. The highest BCUT2D eigenvalue weighted by Gasteiger charge is 2.01. The Hall–Kier alpha value is -0.0900. The van der Waals surface area contributed by atoms with E-state index >= 15 is 0 Å². The minimum Gasteiger partial charge on any atom is -0.369 e. The Kier molecular flexibility index (Phi) is 9.40. The molecule has 0 saturated heterocycles. The summed E-state index contributed by atoms with van der Waals surface area (Å²) in [5.74, 6) is -0.0162. The first-order chi connectivity index (χ1) is 6.66. The average molecular weight is 266 g/mol. The topological polar surface area (TPSA) is 38.3 Å². The van der Waals surface area contributed by atoms with Crippen LogP contribution in [-0.4, -0.2) is 30.5 Å². The highest BCUT2D eigenvalue weighted by Crippen LogP contribution is 1.96. The van der Waals surface area contributed by atoms with E-state index in [0.717, 1.165) is 24.7 Å². The van der Waals surface area contributed by atoms with Gasteiger partial charge in [-0.05, 0) is 26.7 Å². The number of hydrogen-bond acceptors (Lipinski definition) is 2. The summed E-state index contributed by atoms with van der Waals surface area (Å²) in [6, 6.07) is 0. The maximum atomic E-state index is 11.1. The van der Waals surface area contributed by atoms with Gasteiger partial charge in [-0.15, -0.1) is 0 Å². The number of hydrogen-bond donors (Lipinski definition) is 1. The van der Waals surface area contributed by atoms with Crippen LogP contribution in [0.2, 0.25) is 0 Å². The maximum absolute atomic E-state index is 11.1. The summed E-state index contributed by atoms with van der Waals surface area (Å²) < 4.78 is 5.16. The van der Waals surface area contributed by atoms with Gasteiger partial charge in [0.05, 0.1) is 6.10 Å². The van der Waals surface area contributed by atoms with E-state index in [2.05, 4.69) is 21.2 Å². The molecule has 3 nitrogen and oxygen atoms in total. The van der Waals surface area contributed by atoms with Crippen LogP contribution in [0.4, 0.5) is 0 Å². The second kappa shape index (κ2) is 9.46. The van der Waals surface area contributed by atoms with Crippen molar-refractivity contribution in [3.05, 3.63) is 0 Å². The van der Waals surface area contributed by atoms with Crippen molar-refractivity contribution in [1.29, 1.82) is 0 Å². The zero-order chi connectivity index (χ0) is 10.8. The van der Waals surface area contributed by atoms with E-state index < -0.39 is 0 Å². The second-order valence-corrected chi connectivity index (χ2v) is 4.25. The van der Waals surface area contributed by atoms with E-state index in [4.69, 9.17) is 4.74 Å².